The number of likely N-dealkylation sites (N-methyl/N-ethyl adjacent to an activating group) is 1. The Balaban J connectivity index is 2.50. The van der Waals surface area contributed by atoms with E-state index in [0.29, 0.717) is 13.0 Å². The predicted molar refractivity (Wildman–Crippen MR) is 66.2 cm³/mol. The quantitative estimate of drug-likeness (QED) is 0.841. The van der Waals surface area contributed by atoms with Gasteiger partial charge < -0.3 is 5.32 Å². The molecular weight excluding hydrogens is 247 g/mol. The standard InChI is InChI=1S/C12H16F3NS/c1-16-9-11(7-8-17-12(13,14)15)10-5-3-2-4-6-10/h2-6,11,16H,7-9H2,1H3. The van der Waals surface area contributed by atoms with E-state index in [0.717, 1.165) is 5.56 Å². The van der Waals surface area contributed by atoms with Crippen LogP contribution in [0.25, 0.3) is 0 Å². The fourth-order valence-corrected chi connectivity index (χ4v) is 2.31. The first-order valence-corrected chi connectivity index (χ1v) is 6.41. The van der Waals surface area contributed by atoms with Crippen molar-refractivity contribution < 1.29 is 13.2 Å². The molecule has 0 aliphatic rings. The molecule has 1 aromatic rings. The van der Waals surface area contributed by atoms with Crippen LogP contribution in [-0.4, -0.2) is 24.9 Å². The topological polar surface area (TPSA) is 12.0 Å². The molecule has 0 aliphatic heterocycles. The Bertz CT molecular complexity index is 313. The fraction of sp³-hybridized carbons (Fsp3) is 0.500. The second-order valence-corrected chi connectivity index (χ2v) is 4.91. The van der Waals surface area contributed by atoms with E-state index in [2.05, 4.69) is 5.32 Å². The molecule has 96 valence electrons. The van der Waals surface area contributed by atoms with Crippen molar-refractivity contribution in [2.45, 2.75) is 17.8 Å². The van der Waals surface area contributed by atoms with Crippen LogP contribution in [-0.2, 0) is 0 Å². The van der Waals surface area contributed by atoms with Crippen LogP contribution >= 0.6 is 11.8 Å². The third kappa shape index (κ3) is 5.98. The summed E-state index contributed by atoms with van der Waals surface area (Å²) in [5.41, 5.74) is -3.04. The highest BCUT2D eigenvalue weighted by Gasteiger charge is 2.28. The Morgan fingerprint density at radius 2 is 1.88 bits per heavy atom. The van der Waals surface area contributed by atoms with Crippen LogP contribution < -0.4 is 5.32 Å². The van der Waals surface area contributed by atoms with E-state index in [1.165, 1.54) is 0 Å². The molecule has 1 aromatic carbocycles. The molecular formula is C12H16F3NS. The van der Waals surface area contributed by atoms with Gasteiger partial charge in [-0.1, -0.05) is 42.1 Å². The molecule has 0 spiro atoms. The van der Waals surface area contributed by atoms with Crippen molar-refractivity contribution in [3.05, 3.63) is 35.9 Å². The number of halogens is 3. The van der Waals surface area contributed by atoms with Gasteiger partial charge in [-0.2, -0.15) is 13.2 Å². The minimum atomic E-state index is -4.12. The van der Waals surface area contributed by atoms with E-state index in [-0.39, 0.29) is 23.4 Å². The molecule has 1 atom stereocenters. The minimum absolute atomic E-state index is 0.0546. The number of rotatable bonds is 6. The molecule has 0 saturated carbocycles. The summed E-state index contributed by atoms with van der Waals surface area (Å²) in [6.07, 6.45) is 0.523. The Morgan fingerprint density at radius 3 is 2.41 bits per heavy atom. The maximum atomic E-state index is 12.0. The third-order valence-electron chi connectivity index (χ3n) is 2.45. The van der Waals surface area contributed by atoms with Crippen molar-refractivity contribution in [2.24, 2.45) is 0 Å². The summed E-state index contributed by atoms with van der Waals surface area (Å²) in [5, 5.41) is 3.02. The van der Waals surface area contributed by atoms with Crippen LogP contribution in [0.3, 0.4) is 0 Å². The SMILES string of the molecule is CNCC(CCSC(F)(F)F)c1ccccc1. The minimum Gasteiger partial charge on any atom is -0.319 e. The van der Waals surface area contributed by atoms with Crippen molar-refractivity contribution >= 4 is 11.8 Å². The van der Waals surface area contributed by atoms with Crippen molar-refractivity contribution in [1.29, 1.82) is 0 Å². The zero-order valence-corrected chi connectivity index (χ0v) is 10.4. The lowest BCUT2D eigenvalue weighted by atomic mass is 9.96. The highest BCUT2D eigenvalue weighted by molar-refractivity contribution is 8.00. The number of thioether (sulfide) groups is 1. The van der Waals surface area contributed by atoms with Gasteiger partial charge in [0.25, 0.3) is 0 Å². The molecule has 5 heteroatoms. The largest absolute Gasteiger partial charge is 0.441 e. The molecule has 0 fully saturated rings. The van der Waals surface area contributed by atoms with Crippen LogP contribution in [0.1, 0.15) is 17.9 Å². The zero-order chi connectivity index (χ0) is 12.7. The van der Waals surface area contributed by atoms with E-state index < -0.39 is 5.51 Å². The van der Waals surface area contributed by atoms with Crippen LogP contribution in [0.4, 0.5) is 13.2 Å². The maximum absolute atomic E-state index is 12.0. The van der Waals surface area contributed by atoms with Crippen LogP contribution in [0.15, 0.2) is 30.3 Å². The Morgan fingerprint density at radius 1 is 1.24 bits per heavy atom. The normalized spacial score (nSPS) is 13.6. The Labute approximate surface area is 104 Å². The molecule has 1 unspecified atom stereocenters. The highest BCUT2D eigenvalue weighted by atomic mass is 32.2. The molecule has 1 rings (SSSR count). The highest BCUT2D eigenvalue weighted by Crippen LogP contribution is 2.32. The van der Waals surface area contributed by atoms with Crippen LogP contribution in [0.2, 0.25) is 0 Å². The van der Waals surface area contributed by atoms with Crippen LogP contribution in [0, 0.1) is 0 Å². The molecule has 0 heterocycles. The molecule has 1 N–H and O–H groups in total. The van der Waals surface area contributed by atoms with E-state index in [9.17, 15) is 13.2 Å². The van der Waals surface area contributed by atoms with Gasteiger partial charge in [-0.05, 0) is 24.9 Å². The van der Waals surface area contributed by atoms with E-state index in [1.54, 1.807) is 0 Å². The van der Waals surface area contributed by atoms with Gasteiger partial charge in [0, 0.05) is 12.3 Å². The summed E-state index contributed by atoms with van der Waals surface area (Å²) < 4.78 is 36.1. The van der Waals surface area contributed by atoms with E-state index in [4.69, 9.17) is 0 Å². The average Bonchev–Trinajstić information content (AvgIpc) is 2.27. The monoisotopic (exact) mass is 263 g/mol. The first-order valence-electron chi connectivity index (χ1n) is 5.43. The molecule has 0 saturated heterocycles. The van der Waals surface area contributed by atoms with Gasteiger partial charge in [-0.25, -0.2) is 0 Å². The molecule has 1 nitrogen and oxygen atoms in total. The Kier molecular flexibility index (Phi) is 5.85. The summed E-state index contributed by atoms with van der Waals surface area (Å²) in [6.45, 7) is 0.697. The first-order chi connectivity index (χ1) is 8.03. The third-order valence-corrected chi connectivity index (χ3v) is 3.22. The van der Waals surface area contributed by atoms with Gasteiger partial charge in [0.15, 0.2) is 0 Å². The lowest BCUT2D eigenvalue weighted by molar-refractivity contribution is -0.0328. The van der Waals surface area contributed by atoms with Gasteiger partial charge in [0.1, 0.15) is 0 Å². The molecule has 17 heavy (non-hydrogen) atoms. The number of hydrogen-bond acceptors (Lipinski definition) is 2. The fourth-order valence-electron chi connectivity index (χ4n) is 1.68. The second-order valence-electron chi connectivity index (χ2n) is 3.75. The molecule has 0 radical (unpaired) electrons. The lowest BCUT2D eigenvalue weighted by Gasteiger charge is -2.17. The van der Waals surface area contributed by atoms with Gasteiger partial charge >= 0.3 is 5.51 Å². The summed E-state index contributed by atoms with van der Waals surface area (Å²) in [7, 11) is 1.81. The zero-order valence-electron chi connectivity index (χ0n) is 9.63. The molecule has 0 amide bonds. The van der Waals surface area contributed by atoms with Gasteiger partial charge in [-0.3, -0.25) is 0 Å². The number of hydrogen-bond donors (Lipinski definition) is 1. The lowest BCUT2D eigenvalue weighted by Crippen LogP contribution is -2.18. The van der Waals surface area contributed by atoms with Crippen molar-refractivity contribution in [2.75, 3.05) is 19.3 Å². The maximum Gasteiger partial charge on any atom is 0.441 e. The van der Waals surface area contributed by atoms with Gasteiger partial charge in [-0.15, -0.1) is 0 Å². The smallest absolute Gasteiger partial charge is 0.319 e. The van der Waals surface area contributed by atoms with E-state index in [1.807, 2.05) is 37.4 Å². The number of nitrogens with one attached hydrogen (secondary N) is 1. The molecule has 0 aliphatic carbocycles. The first kappa shape index (κ1) is 14.4. The Hall–Kier alpha value is -0.680. The average molecular weight is 263 g/mol. The summed E-state index contributed by atoms with van der Waals surface area (Å²) in [4.78, 5) is 0. The summed E-state index contributed by atoms with van der Waals surface area (Å²) in [5.74, 6) is 0.237. The van der Waals surface area contributed by atoms with Crippen LogP contribution in [0.5, 0.6) is 0 Å². The van der Waals surface area contributed by atoms with Gasteiger partial charge in [0.05, 0.1) is 0 Å². The van der Waals surface area contributed by atoms with E-state index >= 15 is 0 Å². The molecule has 0 bridgehead atoms. The van der Waals surface area contributed by atoms with Crippen molar-refractivity contribution in [1.82, 2.24) is 5.32 Å². The second kappa shape index (κ2) is 6.91. The van der Waals surface area contributed by atoms with Crippen molar-refractivity contribution in [3.63, 3.8) is 0 Å². The summed E-state index contributed by atoms with van der Waals surface area (Å²) >= 11 is 0.0546. The van der Waals surface area contributed by atoms with Crippen molar-refractivity contribution in [3.8, 4) is 0 Å². The number of benzene rings is 1. The van der Waals surface area contributed by atoms with Gasteiger partial charge in [0.2, 0.25) is 0 Å². The summed E-state index contributed by atoms with van der Waals surface area (Å²) in [6, 6.07) is 9.65. The molecule has 0 aromatic heterocycles. The number of alkyl halides is 3. The predicted octanol–water partition coefficient (Wildman–Crippen LogP) is 3.63.